The summed E-state index contributed by atoms with van der Waals surface area (Å²) in [5.74, 6) is 0.506. The van der Waals surface area contributed by atoms with Gasteiger partial charge in [-0.2, -0.15) is 13.2 Å². The molecule has 1 N–H and O–H groups in total. The van der Waals surface area contributed by atoms with E-state index in [4.69, 9.17) is 4.74 Å². The van der Waals surface area contributed by atoms with Gasteiger partial charge >= 0.3 is 6.18 Å². The van der Waals surface area contributed by atoms with E-state index in [9.17, 15) is 13.2 Å². The number of ether oxygens (including phenoxy) is 1. The first-order chi connectivity index (χ1) is 14.3. The second-order valence-corrected chi connectivity index (χ2v) is 8.12. The van der Waals surface area contributed by atoms with Gasteiger partial charge in [-0.05, 0) is 24.6 Å². The largest absolute Gasteiger partial charge is 0.416 e. The number of nitrogens with zero attached hydrogens (tertiary/aromatic N) is 4. The molecule has 164 valence electrons. The number of alkyl halides is 3. The maximum atomic E-state index is 13.7. The molecule has 0 radical (unpaired) electrons. The lowest BCUT2D eigenvalue weighted by Gasteiger charge is -2.30. The number of thiazole rings is 1. The molecule has 1 aliphatic heterocycles. The number of hydrogen-bond donors (Lipinski definition) is 1. The lowest BCUT2D eigenvalue weighted by atomic mass is 10.0. The molecule has 1 aliphatic rings. The van der Waals surface area contributed by atoms with Crippen molar-refractivity contribution in [2.45, 2.75) is 26.2 Å². The molecule has 1 saturated heterocycles. The highest BCUT2D eigenvalue weighted by Crippen LogP contribution is 2.35. The molecule has 0 amide bonds. The molecule has 1 fully saturated rings. The minimum absolute atomic E-state index is 0.0192. The van der Waals surface area contributed by atoms with Crippen molar-refractivity contribution >= 4 is 23.0 Å². The summed E-state index contributed by atoms with van der Waals surface area (Å²) >= 11 is 1.56. The number of nitrogens with one attached hydrogen (secondary N) is 1. The average Bonchev–Trinajstić information content (AvgIpc) is 3.13. The van der Waals surface area contributed by atoms with Crippen LogP contribution >= 0.6 is 11.3 Å². The minimum atomic E-state index is -4.44. The number of guanidine groups is 1. The van der Waals surface area contributed by atoms with Crippen molar-refractivity contribution in [3.8, 4) is 0 Å². The normalized spacial score (nSPS) is 15.4. The summed E-state index contributed by atoms with van der Waals surface area (Å²) in [6, 6.07) is 4.51. The Kier molecular flexibility index (Phi) is 7.19. The van der Waals surface area contributed by atoms with Gasteiger partial charge < -0.3 is 19.9 Å². The Morgan fingerprint density at radius 1 is 1.33 bits per heavy atom. The van der Waals surface area contributed by atoms with Gasteiger partial charge in [0.2, 0.25) is 0 Å². The molecule has 2 heterocycles. The number of anilines is 1. The molecule has 0 bridgehead atoms. The molecule has 0 spiro atoms. The quantitative estimate of drug-likeness (QED) is 0.569. The van der Waals surface area contributed by atoms with Gasteiger partial charge in [0.15, 0.2) is 5.96 Å². The molecule has 6 nitrogen and oxygen atoms in total. The van der Waals surface area contributed by atoms with Gasteiger partial charge in [0.05, 0.1) is 36.0 Å². The van der Waals surface area contributed by atoms with Crippen LogP contribution in [0.3, 0.4) is 0 Å². The van der Waals surface area contributed by atoms with E-state index in [1.807, 2.05) is 29.2 Å². The number of rotatable bonds is 5. The van der Waals surface area contributed by atoms with Crippen LogP contribution in [-0.2, 0) is 24.0 Å². The Labute approximate surface area is 178 Å². The van der Waals surface area contributed by atoms with Gasteiger partial charge in [-0.3, -0.25) is 4.99 Å². The molecule has 1 aromatic carbocycles. The number of benzene rings is 1. The predicted octanol–water partition coefficient (Wildman–Crippen LogP) is 3.51. The Balaban J connectivity index is 1.72. The highest BCUT2D eigenvalue weighted by atomic mass is 32.1. The minimum Gasteiger partial charge on any atom is -0.378 e. The molecule has 10 heteroatoms. The van der Waals surface area contributed by atoms with Crippen LogP contribution in [0.2, 0.25) is 0 Å². The lowest BCUT2D eigenvalue weighted by Crippen LogP contribution is -2.38. The Morgan fingerprint density at radius 2 is 2.07 bits per heavy atom. The summed E-state index contributed by atoms with van der Waals surface area (Å²) in [4.78, 5) is 12.4. The molecular formula is C20H26F3N5OS. The van der Waals surface area contributed by atoms with Crippen molar-refractivity contribution < 1.29 is 17.9 Å². The standard InChI is InChI=1S/C20H26F3N5OS/c1-14-26-16(13-30-14)12-27(3)19(24-2)25-11-15-4-5-17(10-18(15)20(21,22)23)28-6-8-29-9-7-28/h4-5,10,13H,6-9,11-12H2,1-3H3,(H,24,25). The van der Waals surface area contributed by atoms with E-state index in [2.05, 4.69) is 15.3 Å². The Bertz CT molecular complexity index is 878. The van der Waals surface area contributed by atoms with Crippen LogP contribution in [0.1, 0.15) is 21.8 Å². The Morgan fingerprint density at radius 3 is 2.67 bits per heavy atom. The zero-order valence-electron chi connectivity index (χ0n) is 17.3. The first-order valence-electron chi connectivity index (χ1n) is 9.63. The number of aliphatic imine (C=N–C) groups is 1. The highest BCUT2D eigenvalue weighted by Gasteiger charge is 2.34. The summed E-state index contributed by atoms with van der Waals surface area (Å²) in [7, 11) is 3.44. The first-order valence-corrected chi connectivity index (χ1v) is 10.5. The van der Waals surface area contributed by atoms with Gasteiger partial charge in [0, 0.05) is 44.8 Å². The van der Waals surface area contributed by atoms with Crippen molar-refractivity contribution in [1.29, 1.82) is 0 Å². The summed E-state index contributed by atoms with van der Waals surface area (Å²) < 4.78 is 46.5. The number of morpholine rings is 1. The SMILES string of the molecule is CN=C(NCc1ccc(N2CCOCC2)cc1C(F)(F)F)N(C)Cc1csc(C)n1. The molecular weight excluding hydrogens is 415 g/mol. The van der Waals surface area contributed by atoms with Gasteiger partial charge in [-0.1, -0.05) is 6.07 Å². The van der Waals surface area contributed by atoms with E-state index >= 15 is 0 Å². The number of hydrogen-bond acceptors (Lipinski definition) is 5. The van der Waals surface area contributed by atoms with Crippen molar-refractivity contribution in [2.75, 3.05) is 45.3 Å². The lowest BCUT2D eigenvalue weighted by molar-refractivity contribution is -0.138. The van der Waals surface area contributed by atoms with Crippen molar-refractivity contribution in [2.24, 2.45) is 4.99 Å². The van der Waals surface area contributed by atoms with E-state index in [0.29, 0.717) is 44.5 Å². The van der Waals surface area contributed by atoms with Crippen LogP contribution < -0.4 is 10.2 Å². The van der Waals surface area contributed by atoms with E-state index in [0.717, 1.165) is 10.7 Å². The third-order valence-corrected chi connectivity index (χ3v) is 5.67. The zero-order valence-corrected chi connectivity index (χ0v) is 18.1. The predicted molar refractivity (Wildman–Crippen MR) is 113 cm³/mol. The summed E-state index contributed by atoms with van der Waals surface area (Å²) in [5.41, 5.74) is 1.01. The molecule has 0 unspecified atom stereocenters. The second kappa shape index (κ2) is 9.65. The second-order valence-electron chi connectivity index (χ2n) is 7.05. The van der Waals surface area contributed by atoms with Gasteiger partial charge in [0.1, 0.15) is 0 Å². The van der Waals surface area contributed by atoms with Gasteiger partial charge in [-0.15, -0.1) is 11.3 Å². The average molecular weight is 442 g/mol. The topological polar surface area (TPSA) is 53.0 Å². The van der Waals surface area contributed by atoms with E-state index in [-0.39, 0.29) is 12.1 Å². The fourth-order valence-electron chi connectivity index (χ4n) is 3.36. The third-order valence-electron chi connectivity index (χ3n) is 4.85. The summed E-state index contributed by atoms with van der Waals surface area (Å²) in [6.45, 7) is 4.68. The summed E-state index contributed by atoms with van der Waals surface area (Å²) in [6.07, 6.45) is -4.44. The molecule has 0 aliphatic carbocycles. The van der Waals surface area contributed by atoms with E-state index < -0.39 is 11.7 Å². The van der Waals surface area contributed by atoms with Crippen molar-refractivity contribution in [3.63, 3.8) is 0 Å². The highest BCUT2D eigenvalue weighted by molar-refractivity contribution is 7.09. The van der Waals surface area contributed by atoms with Gasteiger partial charge in [-0.25, -0.2) is 4.98 Å². The van der Waals surface area contributed by atoms with Crippen LogP contribution in [0.4, 0.5) is 18.9 Å². The van der Waals surface area contributed by atoms with Gasteiger partial charge in [0.25, 0.3) is 0 Å². The fourth-order valence-corrected chi connectivity index (χ4v) is 3.96. The van der Waals surface area contributed by atoms with Crippen molar-refractivity contribution in [1.82, 2.24) is 15.2 Å². The van der Waals surface area contributed by atoms with E-state index in [1.54, 1.807) is 24.5 Å². The Hall–Kier alpha value is -2.33. The molecule has 0 saturated carbocycles. The molecule has 30 heavy (non-hydrogen) atoms. The fraction of sp³-hybridized carbons (Fsp3) is 0.500. The number of halogens is 3. The van der Waals surface area contributed by atoms with Crippen LogP contribution in [0.15, 0.2) is 28.6 Å². The maximum absolute atomic E-state index is 13.7. The molecule has 2 aromatic rings. The number of aryl methyl sites for hydroxylation is 1. The molecule has 1 aromatic heterocycles. The van der Waals surface area contributed by atoms with Crippen LogP contribution in [0.25, 0.3) is 0 Å². The monoisotopic (exact) mass is 441 g/mol. The van der Waals surface area contributed by atoms with E-state index in [1.165, 1.54) is 12.1 Å². The molecule has 3 rings (SSSR count). The smallest absolute Gasteiger partial charge is 0.378 e. The van der Waals surface area contributed by atoms with Crippen LogP contribution in [-0.4, -0.2) is 56.2 Å². The number of aromatic nitrogens is 1. The van der Waals surface area contributed by atoms with Crippen molar-refractivity contribution in [3.05, 3.63) is 45.4 Å². The third kappa shape index (κ3) is 5.63. The van der Waals surface area contributed by atoms with Crippen LogP contribution in [0.5, 0.6) is 0 Å². The summed E-state index contributed by atoms with van der Waals surface area (Å²) in [5, 5.41) is 5.97. The van der Waals surface area contributed by atoms with Crippen LogP contribution in [0, 0.1) is 6.92 Å². The first kappa shape index (κ1) is 22.4. The molecule has 0 atom stereocenters. The zero-order chi connectivity index (χ0) is 21.7. The maximum Gasteiger partial charge on any atom is 0.416 e.